The summed E-state index contributed by atoms with van der Waals surface area (Å²) < 4.78 is 27.7. The topological polar surface area (TPSA) is 66.5 Å². The van der Waals surface area contributed by atoms with Gasteiger partial charge in [-0.3, -0.25) is 9.52 Å². The van der Waals surface area contributed by atoms with Crippen molar-refractivity contribution in [3.63, 3.8) is 0 Å². The molecule has 0 unspecified atom stereocenters. The van der Waals surface area contributed by atoms with Crippen molar-refractivity contribution in [2.75, 3.05) is 17.8 Å². The van der Waals surface area contributed by atoms with Gasteiger partial charge in [-0.15, -0.1) is 0 Å². The third kappa shape index (κ3) is 3.85. The first-order valence-electron chi connectivity index (χ1n) is 8.36. The normalized spacial score (nSPS) is 14.6. The van der Waals surface area contributed by atoms with Gasteiger partial charge in [0.1, 0.15) is 0 Å². The van der Waals surface area contributed by atoms with Crippen molar-refractivity contribution < 1.29 is 13.2 Å². The summed E-state index contributed by atoms with van der Waals surface area (Å²) in [5.41, 5.74) is 2.74. The summed E-state index contributed by atoms with van der Waals surface area (Å²) in [6, 6.07) is 11.8. The van der Waals surface area contributed by atoms with Gasteiger partial charge >= 0.3 is 0 Å². The van der Waals surface area contributed by atoms with E-state index in [2.05, 4.69) is 4.72 Å². The first-order valence-corrected chi connectivity index (χ1v) is 9.84. The Bertz CT molecular complexity index is 883. The molecule has 1 fully saturated rings. The number of anilines is 1. The number of hydrogen-bond acceptors (Lipinski definition) is 3. The molecule has 1 amide bonds. The summed E-state index contributed by atoms with van der Waals surface area (Å²) in [5.74, 6) is 0.00119. The maximum Gasteiger partial charge on any atom is 0.262 e. The van der Waals surface area contributed by atoms with Crippen LogP contribution in [0.5, 0.6) is 0 Å². The van der Waals surface area contributed by atoms with E-state index in [1.165, 1.54) is 0 Å². The largest absolute Gasteiger partial charge is 0.339 e. The van der Waals surface area contributed by atoms with E-state index in [1.54, 1.807) is 43.3 Å². The Hall–Kier alpha value is -2.34. The standard InChI is InChI=1S/C19H22N2O3S/c1-14-5-10-18(15(2)13-14)25(23,24)20-17-8-6-16(7-9-17)19(22)21-11-3-4-12-21/h5-10,13,20H,3-4,11-12H2,1-2H3. The second-order valence-electron chi connectivity index (χ2n) is 6.45. The van der Waals surface area contributed by atoms with Gasteiger partial charge < -0.3 is 4.90 Å². The summed E-state index contributed by atoms with van der Waals surface area (Å²) in [5, 5.41) is 0. The second kappa shape index (κ2) is 6.88. The minimum atomic E-state index is -3.65. The Labute approximate surface area is 148 Å². The molecule has 1 aliphatic heterocycles. The molecule has 0 saturated carbocycles. The third-order valence-electron chi connectivity index (χ3n) is 4.40. The van der Waals surface area contributed by atoms with Crippen molar-refractivity contribution >= 4 is 21.6 Å². The molecule has 2 aromatic rings. The highest BCUT2D eigenvalue weighted by molar-refractivity contribution is 7.92. The molecule has 25 heavy (non-hydrogen) atoms. The molecule has 132 valence electrons. The zero-order valence-electron chi connectivity index (χ0n) is 14.5. The van der Waals surface area contributed by atoms with Gasteiger partial charge in [-0.2, -0.15) is 0 Å². The summed E-state index contributed by atoms with van der Waals surface area (Å²) in [6.45, 7) is 5.28. The van der Waals surface area contributed by atoms with Gasteiger partial charge in [0.15, 0.2) is 0 Å². The number of sulfonamides is 1. The monoisotopic (exact) mass is 358 g/mol. The van der Waals surface area contributed by atoms with Crippen LogP contribution in [0.3, 0.4) is 0 Å². The highest BCUT2D eigenvalue weighted by Crippen LogP contribution is 2.21. The molecule has 2 aromatic carbocycles. The zero-order valence-corrected chi connectivity index (χ0v) is 15.3. The molecule has 0 aliphatic carbocycles. The Morgan fingerprint density at radius 3 is 2.24 bits per heavy atom. The lowest BCUT2D eigenvalue weighted by Crippen LogP contribution is -2.27. The lowest BCUT2D eigenvalue weighted by Gasteiger charge is -2.15. The Morgan fingerprint density at radius 2 is 1.64 bits per heavy atom. The number of carbonyl (C=O) groups is 1. The van der Waals surface area contributed by atoms with Crippen LogP contribution in [0.2, 0.25) is 0 Å². The highest BCUT2D eigenvalue weighted by atomic mass is 32.2. The lowest BCUT2D eigenvalue weighted by molar-refractivity contribution is 0.0793. The van der Waals surface area contributed by atoms with Crippen molar-refractivity contribution in [1.29, 1.82) is 0 Å². The van der Waals surface area contributed by atoms with Crippen molar-refractivity contribution in [1.82, 2.24) is 4.90 Å². The van der Waals surface area contributed by atoms with E-state index in [0.29, 0.717) is 16.8 Å². The van der Waals surface area contributed by atoms with Crippen LogP contribution in [0.25, 0.3) is 0 Å². The second-order valence-corrected chi connectivity index (χ2v) is 8.10. The van der Waals surface area contributed by atoms with Crippen LogP contribution in [0.4, 0.5) is 5.69 Å². The van der Waals surface area contributed by atoms with Crippen molar-refractivity contribution in [2.45, 2.75) is 31.6 Å². The molecule has 1 aliphatic rings. The first-order chi connectivity index (χ1) is 11.9. The predicted molar refractivity (Wildman–Crippen MR) is 98.3 cm³/mol. The van der Waals surface area contributed by atoms with Crippen molar-refractivity contribution in [2.24, 2.45) is 0 Å². The molecule has 0 bridgehead atoms. The fourth-order valence-corrected chi connectivity index (χ4v) is 4.38. The summed E-state index contributed by atoms with van der Waals surface area (Å²) >= 11 is 0. The van der Waals surface area contributed by atoms with Crippen LogP contribution >= 0.6 is 0 Å². The summed E-state index contributed by atoms with van der Waals surface area (Å²) in [6.07, 6.45) is 2.08. The molecule has 1 N–H and O–H groups in total. The van der Waals surface area contributed by atoms with Crippen LogP contribution in [-0.2, 0) is 10.0 Å². The number of nitrogens with zero attached hydrogens (tertiary/aromatic N) is 1. The molecule has 1 saturated heterocycles. The molecular weight excluding hydrogens is 336 g/mol. The van der Waals surface area contributed by atoms with Crippen molar-refractivity contribution in [3.05, 3.63) is 59.2 Å². The van der Waals surface area contributed by atoms with Crippen LogP contribution < -0.4 is 4.72 Å². The fourth-order valence-electron chi connectivity index (χ4n) is 3.09. The molecule has 0 atom stereocenters. The van der Waals surface area contributed by atoms with E-state index < -0.39 is 10.0 Å². The summed E-state index contributed by atoms with van der Waals surface area (Å²) in [4.78, 5) is 14.4. The van der Waals surface area contributed by atoms with Gasteiger partial charge in [-0.25, -0.2) is 8.42 Å². The number of hydrogen-bond donors (Lipinski definition) is 1. The zero-order chi connectivity index (χ0) is 18.0. The van der Waals surface area contributed by atoms with Gasteiger partial charge in [0.05, 0.1) is 4.90 Å². The van der Waals surface area contributed by atoms with Crippen LogP contribution in [0.15, 0.2) is 47.4 Å². The molecular formula is C19H22N2O3S. The SMILES string of the molecule is Cc1ccc(S(=O)(=O)Nc2ccc(C(=O)N3CCCC3)cc2)c(C)c1. The quantitative estimate of drug-likeness (QED) is 0.911. The Kier molecular flexibility index (Phi) is 4.81. The number of carbonyl (C=O) groups excluding carboxylic acids is 1. The number of benzene rings is 2. The van der Waals surface area contributed by atoms with Gasteiger partial charge in [-0.05, 0) is 62.6 Å². The van der Waals surface area contributed by atoms with E-state index >= 15 is 0 Å². The predicted octanol–water partition coefficient (Wildman–Crippen LogP) is 3.34. The molecule has 0 radical (unpaired) electrons. The maximum atomic E-state index is 12.6. The minimum absolute atomic E-state index is 0.00119. The van der Waals surface area contributed by atoms with Crippen LogP contribution in [0, 0.1) is 13.8 Å². The minimum Gasteiger partial charge on any atom is -0.339 e. The first kappa shape index (κ1) is 17.5. The summed E-state index contributed by atoms with van der Waals surface area (Å²) in [7, 11) is -3.65. The number of amides is 1. The third-order valence-corrected chi connectivity index (χ3v) is 5.94. The van der Waals surface area contributed by atoms with Gasteiger partial charge in [0.2, 0.25) is 0 Å². The fraction of sp³-hybridized carbons (Fsp3) is 0.316. The molecule has 3 rings (SSSR count). The Morgan fingerprint density at radius 1 is 1.00 bits per heavy atom. The highest BCUT2D eigenvalue weighted by Gasteiger charge is 2.20. The van der Waals surface area contributed by atoms with E-state index in [-0.39, 0.29) is 10.8 Å². The van der Waals surface area contributed by atoms with Gasteiger partial charge in [0, 0.05) is 24.3 Å². The van der Waals surface area contributed by atoms with E-state index in [1.807, 2.05) is 17.9 Å². The van der Waals surface area contributed by atoms with Crippen molar-refractivity contribution in [3.8, 4) is 0 Å². The van der Waals surface area contributed by atoms with E-state index in [9.17, 15) is 13.2 Å². The van der Waals surface area contributed by atoms with Crippen LogP contribution in [0.1, 0.15) is 34.3 Å². The number of rotatable bonds is 4. The maximum absolute atomic E-state index is 12.6. The number of aryl methyl sites for hydroxylation is 2. The van der Waals surface area contributed by atoms with E-state index in [0.717, 1.165) is 31.5 Å². The average Bonchev–Trinajstić information content (AvgIpc) is 3.08. The molecule has 6 heteroatoms. The molecule has 0 aromatic heterocycles. The molecule has 0 spiro atoms. The lowest BCUT2D eigenvalue weighted by atomic mass is 10.2. The van der Waals surface area contributed by atoms with Crippen LogP contribution in [-0.4, -0.2) is 32.3 Å². The smallest absolute Gasteiger partial charge is 0.262 e. The van der Waals surface area contributed by atoms with E-state index in [4.69, 9.17) is 0 Å². The molecule has 1 heterocycles. The van der Waals surface area contributed by atoms with Gasteiger partial charge in [0.25, 0.3) is 15.9 Å². The van der Waals surface area contributed by atoms with Gasteiger partial charge in [-0.1, -0.05) is 17.7 Å². The number of nitrogens with one attached hydrogen (secondary N) is 1. The number of likely N-dealkylation sites (tertiary alicyclic amines) is 1. The average molecular weight is 358 g/mol. The Balaban J connectivity index is 1.77. The molecule has 5 nitrogen and oxygen atoms in total.